The van der Waals surface area contributed by atoms with Crippen LogP contribution in [0.15, 0.2) is 30.3 Å². The zero-order valence-corrected chi connectivity index (χ0v) is 15.1. The Morgan fingerprint density at radius 2 is 2.08 bits per heavy atom. The third-order valence-corrected chi connectivity index (χ3v) is 5.88. The van der Waals surface area contributed by atoms with Crippen molar-refractivity contribution >= 4 is 16.2 Å². The highest BCUT2D eigenvalue weighted by Gasteiger charge is 2.30. The fourth-order valence-electron chi connectivity index (χ4n) is 2.99. The number of benzene rings is 1. The van der Waals surface area contributed by atoms with Crippen LogP contribution in [0.3, 0.4) is 0 Å². The van der Waals surface area contributed by atoms with E-state index in [0.29, 0.717) is 25.4 Å². The highest BCUT2D eigenvalue weighted by Crippen LogP contribution is 2.18. The minimum Gasteiger partial charge on any atom is -0.469 e. The predicted molar refractivity (Wildman–Crippen MR) is 92.6 cm³/mol. The molecule has 2 rings (SSSR count). The Hall–Kier alpha value is -1.44. The smallest absolute Gasteiger partial charge is 0.307 e. The normalized spacial score (nSPS) is 20.5. The van der Waals surface area contributed by atoms with Crippen molar-refractivity contribution < 1.29 is 17.9 Å². The van der Waals surface area contributed by atoms with Gasteiger partial charge in [-0.15, -0.1) is 0 Å². The monoisotopic (exact) mass is 354 g/mol. The van der Waals surface area contributed by atoms with Crippen LogP contribution in [0.5, 0.6) is 0 Å². The van der Waals surface area contributed by atoms with Gasteiger partial charge in [0.25, 0.3) is 10.2 Å². The number of piperidine rings is 1. The van der Waals surface area contributed by atoms with Crippen molar-refractivity contribution in [3.63, 3.8) is 0 Å². The Morgan fingerprint density at radius 1 is 1.38 bits per heavy atom. The van der Waals surface area contributed by atoms with Crippen LogP contribution in [0.2, 0.25) is 0 Å². The molecule has 0 unspecified atom stereocenters. The van der Waals surface area contributed by atoms with E-state index in [1.165, 1.54) is 11.4 Å². The molecule has 24 heavy (non-hydrogen) atoms. The highest BCUT2D eigenvalue weighted by atomic mass is 32.2. The molecule has 1 aliphatic rings. The van der Waals surface area contributed by atoms with E-state index in [4.69, 9.17) is 4.74 Å². The Balaban J connectivity index is 2.09. The van der Waals surface area contributed by atoms with Crippen LogP contribution in [0.4, 0.5) is 0 Å². The Bertz CT molecular complexity index is 633. The molecule has 1 N–H and O–H groups in total. The van der Waals surface area contributed by atoms with Crippen LogP contribution in [0, 0.1) is 5.92 Å². The van der Waals surface area contributed by atoms with Gasteiger partial charge in [0.1, 0.15) is 0 Å². The summed E-state index contributed by atoms with van der Waals surface area (Å²) < 4.78 is 34.2. The molecule has 1 aromatic carbocycles. The first-order valence-corrected chi connectivity index (χ1v) is 9.73. The van der Waals surface area contributed by atoms with Crippen LogP contribution >= 0.6 is 0 Å². The molecule has 0 aromatic heterocycles. The molecule has 1 saturated heterocycles. The molecule has 6 nitrogen and oxygen atoms in total. The number of hydrogen-bond acceptors (Lipinski definition) is 4. The molecule has 0 saturated carbocycles. The Kier molecular flexibility index (Phi) is 6.77. The fourth-order valence-corrected chi connectivity index (χ4v) is 4.55. The summed E-state index contributed by atoms with van der Waals surface area (Å²) in [5.41, 5.74) is 0.973. The molecule has 1 heterocycles. The number of ether oxygens (including phenoxy) is 1. The van der Waals surface area contributed by atoms with Crippen molar-refractivity contribution in [3.05, 3.63) is 35.9 Å². The first-order valence-electron chi connectivity index (χ1n) is 8.29. The van der Waals surface area contributed by atoms with E-state index in [0.717, 1.165) is 18.4 Å². The van der Waals surface area contributed by atoms with Crippen molar-refractivity contribution in [1.29, 1.82) is 0 Å². The third kappa shape index (κ3) is 5.58. The lowest BCUT2D eigenvalue weighted by Crippen LogP contribution is -2.49. The lowest BCUT2D eigenvalue weighted by molar-refractivity contribution is -0.141. The lowest BCUT2D eigenvalue weighted by Gasteiger charge is -2.31. The number of rotatable bonds is 7. The van der Waals surface area contributed by atoms with E-state index in [-0.39, 0.29) is 6.42 Å². The minimum absolute atomic E-state index is 0.00795. The number of nitrogens with one attached hydrogen (secondary N) is 1. The second-order valence-electron chi connectivity index (χ2n) is 6.40. The largest absolute Gasteiger partial charge is 0.469 e. The molecular formula is C17H26N2O4S. The summed E-state index contributed by atoms with van der Waals surface area (Å²) in [6.45, 7) is 3.10. The maximum absolute atomic E-state index is 12.7. The molecule has 1 aliphatic heterocycles. The zero-order valence-electron chi connectivity index (χ0n) is 14.3. The van der Waals surface area contributed by atoms with Gasteiger partial charge in [-0.3, -0.25) is 4.79 Å². The van der Waals surface area contributed by atoms with Crippen molar-refractivity contribution in [3.8, 4) is 0 Å². The van der Waals surface area contributed by atoms with Crippen LogP contribution in [0.25, 0.3) is 0 Å². The first kappa shape index (κ1) is 18.9. The summed E-state index contributed by atoms with van der Waals surface area (Å²) in [6.07, 6.45) is 2.36. The first-order chi connectivity index (χ1) is 11.4. The molecule has 134 valence electrons. The summed E-state index contributed by atoms with van der Waals surface area (Å²) in [7, 11) is -2.31. The summed E-state index contributed by atoms with van der Waals surface area (Å²) in [5.74, 6) is -0.0749. The van der Waals surface area contributed by atoms with Crippen molar-refractivity contribution in [2.45, 2.75) is 38.6 Å². The minimum atomic E-state index is -3.61. The average molecular weight is 354 g/mol. The van der Waals surface area contributed by atoms with E-state index in [9.17, 15) is 13.2 Å². The molecule has 2 atom stereocenters. The van der Waals surface area contributed by atoms with Gasteiger partial charge in [0.2, 0.25) is 0 Å². The van der Waals surface area contributed by atoms with Gasteiger partial charge in [-0.1, -0.05) is 37.3 Å². The van der Waals surface area contributed by atoms with E-state index in [2.05, 4.69) is 11.6 Å². The van der Waals surface area contributed by atoms with Gasteiger partial charge in [-0.25, -0.2) is 0 Å². The topological polar surface area (TPSA) is 75.7 Å². The number of methoxy groups -OCH3 is 1. The summed E-state index contributed by atoms with van der Waals surface area (Å²) in [4.78, 5) is 11.7. The van der Waals surface area contributed by atoms with E-state index in [1.807, 2.05) is 30.3 Å². The number of carbonyl (C=O) groups is 1. The molecule has 0 spiro atoms. The van der Waals surface area contributed by atoms with Gasteiger partial charge in [-0.2, -0.15) is 17.4 Å². The molecule has 0 amide bonds. The SMILES string of the molecule is COC(=O)C[C@@H](Cc1ccccc1)NS(=O)(=O)N1CCC[C@@H](C)C1. The van der Waals surface area contributed by atoms with Crippen LogP contribution in [-0.2, 0) is 26.2 Å². The van der Waals surface area contributed by atoms with E-state index >= 15 is 0 Å². The Labute approximate surface area is 144 Å². The van der Waals surface area contributed by atoms with Gasteiger partial charge in [0.05, 0.1) is 13.5 Å². The average Bonchev–Trinajstić information content (AvgIpc) is 2.55. The second kappa shape index (κ2) is 8.60. The van der Waals surface area contributed by atoms with Crippen LogP contribution in [-0.4, -0.2) is 44.9 Å². The van der Waals surface area contributed by atoms with E-state index < -0.39 is 22.2 Å². The standard InChI is InChI=1S/C17H26N2O4S/c1-14-7-6-10-19(13-14)24(21,22)18-16(12-17(20)23-2)11-15-8-4-3-5-9-15/h3-5,8-9,14,16,18H,6-7,10-13H2,1-2H3/t14-,16-/m1/s1. The van der Waals surface area contributed by atoms with Gasteiger partial charge in [-0.05, 0) is 30.7 Å². The lowest BCUT2D eigenvalue weighted by atomic mass is 10.0. The highest BCUT2D eigenvalue weighted by molar-refractivity contribution is 7.87. The number of nitrogens with zero attached hydrogens (tertiary/aromatic N) is 1. The molecule has 0 bridgehead atoms. The summed E-state index contributed by atoms with van der Waals surface area (Å²) in [6, 6.07) is 9.00. The molecule has 0 radical (unpaired) electrons. The maximum atomic E-state index is 12.7. The van der Waals surface area contributed by atoms with Crippen molar-refractivity contribution in [1.82, 2.24) is 9.03 Å². The number of hydrogen-bond donors (Lipinski definition) is 1. The molecule has 7 heteroatoms. The molecule has 0 aliphatic carbocycles. The Morgan fingerprint density at radius 3 is 2.71 bits per heavy atom. The van der Waals surface area contributed by atoms with Crippen molar-refractivity contribution in [2.75, 3.05) is 20.2 Å². The van der Waals surface area contributed by atoms with Gasteiger partial charge in [0.15, 0.2) is 0 Å². The van der Waals surface area contributed by atoms with Gasteiger partial charge in [0, 0.05) is 19.1 Å². The van der Waals surface area contributed by atoms with Crippen LogP contribution < -0.4 is 4.72 Å². The maximum Gasteiger partial charge on any atom is 0.307 e. The fraction of sp³-hybridized carbons (Fsp3) is 0.588. The molecular weight excluding hydrogens is 328 g/mol. The summed E-state index contributed by atoms with van der Waals surface area (Å²) >= 11 is 0. The molecule has 1 fully saturated rings. The third-order valence-electron chi connectivity index (χ3n) is 4.24. The second-order valence-corrected chi connectivity index (χ2v) is 8.10. The summed E-state index contributed by atoms with van der Waals surface area (Å²) in [5, 5.41) is 0. The predicted octanol–water partition coefficient (Wildman–Crippen LogP) is 1.73. The van der Waals surface area contributed by atoms with Crippen LogP contribution in [0.1, 0.15) is 31.7 Å². The zero-order chi connectivity index (χ0) is 17.6. The quantitative estimate of drug-likeness (QED) is 0.757. The van der Waals surface area contributed by atoms with Gasteiger partial charge >= 0.3 is 5.97 Å². The van der Waals surface area contributed by atoms with E-state index in [1.54, 1.807) is 0 Å². The number of esters is 1. The van der Waals surface area contributed by atoms with Crippen molar-refractivity contribution in [2.24, 2.45) is 5.92 Å². The molecule has 1 aromatic rings. The van der Waals surface area contributed by atoms with Gasteiger partial charge < -0.3 is 4.74 Å². The number of carbonyl (C=O) groups excluding carboxylic acids is 1.